The average molecular weight is 280 g/mol. The maximum Gasteiger partial charge on any atom is 0.239 e. The Morgan fingerprint density at radius 2 is 2.30 bits per heavy atom. The molecule has 0 spiro atoms. The largest absolute Gasteiger partial charge is 0.383 e. The maximum atomic E-state index is 11.6. The van der Waals surface area contributed by atoms with Crippen molar-refractivity contribution in [2.45, 2.75) is 13.5 Å². The number of nitrogens with zero attached hydrogens (tertiary/aromatic N) is 2. The average Bonchev–Trinajstić information content (AvgIpc) is 2.44. The number of pyridine rings is 1. The lowest BCUT2D eigenvalue weighted by atomic mass is 10.2. The highest BCUT2D eigenvalue weighted by Gasteiger charge is 2.11. The first kappa shape index (κ1) is 16.4. The summed E-state index contributed by atoms with van der Waals surface area (Å²) in [5.74, 6) is 0.822. The summed E-state index contributed by atoms with van der Waals surface area (Å²) in [4.78, 5) is 17.8. The first-order chi connectivity index (χ1) is 9.69. The topological polar surface area (TPSA) is 66.5 Å². The lowest BCUT2D eigenvalue weighted by Crippen LogP contribution is -2.36. The van der Waals surface area contributed by atoms with Crippen molar-refractivity contribution in [1.29, 1.82) is 0 Å². The van der Waals surface area contributed by atoms with E-state index < -0.39 is 0 Å². The first-order valence-electron chi connectivity index (χ1n) is 6.80. The standard InChI is InChI=1S/C14H24N4O2/c1-4-16-13(19)11-18(2)14-12(6-5-7-17-14)10-15-8-9-20-3/h5-7,15H,4,8-11H2,1-3H3,(H,16,19). The summed E-state index contributed by atoms with van der Waals surface area (Å²) in [6.45, 7) is 5.00. The van der Waals surface area contributed by atoms with Gasteiger partial charge in [-0.25, -0.2) is 4.98 Å². The van der Waals surface area contributed by atoms with Crippen molar-refractivity contribution >= 4 is 11.7 Å². The number of hydrogen-bond donors (Lipinski definition) is 2. The van der Waals surface area contributed by atoms with E-state index in [9.17, 15) is 4.79 Å². The quantitative estimate of drug-likeness (QED) is 0.641. The van der Waals surface area contributed by atoms with Crippen molar-refractivity contribution < 1.29 is 9.53 Å². The first-order valence-corrected chi connectivity index (χ1v) is 6.80. The Hall–Kier alpha value is -1.66. The SMILES string of the molecule is CCNC(=O)CN(C)c1ncccc1CNCCOC. The van der Waals surface area contributed by atoms with Gasteiger partial charge in [0.1, 0.15) is 5.82 Å². The number of carbonyl (C=O) groups excluding carboxylic acids is 1. The van der Waals surface area contributed by atoms with Gasteiger partial charge < -0.3 is 20.3 Å². The number of anilines is 1. The van der Waals surface area contributed by atoms with E-state index in [1.54, 1.807) is 13.3 Å². The van der Waals surface area contributed by atoms with Gasteiger partial charge in [0.25, 0.3) is 0 Å². The molecule has 0 aliphatic carbocycles. The van der Waals surface area contributed by atoms with Gasteiger partial charge >= 0.3 is 0 Å². The Bertz CT molecular complexity index is 412. The summed E-state index contributed by atoms with van der Waals surface area (Å²) in [6.07, 6.45) is 1.74. The number of hydrogen-bond acceptors (Lipinski definition) is 5. The summed E-state index contributed by atoms with van der Waals surface area (Å²) in [6, 6.07) is 3.91. The highest BCUT2D eigenvalue weighted by molar-refractivity contribution is 5.81. The lowest BCUT2D eigenvalue weighted by molar-refractivity contribution is -0.119. The minimum atomic E-state index is -0.000977. The van der Waals surface area contributed by atoms with Gasteiger partial charge in [-0.2, -0.15) is 0 Å². The molecular formula is C14H24N4O2. The Kier molecular flexibility index (Phi) is 7.60. The predicted octanol–water partition coefficient (Wildman–Crippen LogP) is 0.390. The van der Waals surface area contributed by atoms with E-state index in [1.807, 2.05) is 31.0 Å². The normalized spacial score (nSPS) is 10.3. The van der Waals surface area contributed by atoms with Crippen molar-refractivity contribution in [2.75, 3.05) is 45.3 Å². The summed E-state index contributed by atoms with van der Waals surface area (Å²) < 4.78 is 5.00. The molecule has 0 atom stereocenters. The van der Waals surface area contributed by atoms with E-state index >= 15 is 0 Å². The molecule has 0 aliphatic rings. The Morgan fingerprint density at radius 1 is 1.50 bits per heavy atom. The van der Waals surface area contributed by atoms with Gasteiger partial charge in [0, 0.05) is 45.6 Å². The van der Waals surface area contributed by atoms with Gasteiger partial charge in [0.15, 0.2) is 0 Å². The molecule has 0 fully saturated rings. The lowest BCUT2D eigenvalue weighted by Gasteiger charge is -2.20. The number of rotatable bonds is 9. The molecule has 0 aliphatic heterocycles. The molecule has 6 heteroatoms. The van der Waals surface area contributed by atoms with Crippen LogP contribution in [0.15, 0.2) is 18.3 Å². The summed E-state index contributed by atoms with van der Waals surface area (Å²) in [5, 5.41) is 6.07. The van der Waals surface area contributed by atoms with Crippen LogP contribution < -0.4 is 15.5 Å². The van der Waals surface area contributed by atoms with Crippen LogP contribution in [-0.2, 0) is 16.1 Å². The van der Waals surface area contributed by atoms with Crippen molar-refractivity contribution in [3.05, 3.63) is 23.9 Å². The molecule has 20 heavy (non-hydrogen) atoms. The zero-order valence-electron chi connectivity index (χ0n) is 12.5. The molecule has 2 N–H and O–H groups in total. The smallest absolute Gasteiger partial charge is 0.239 e. The van der Waals surface area contributed by atoms with Gasteiger partial charge in [0.05, 0.1) is 13.2 Å². The second-order valence-electron chi connectivity index (χ2n) is 4.47. The fraction of sp³-hybridized carbons (Fsp3) is 0.571. The number of amides is 1. The molecule has 0 aromatic carbocycles. The van der Waals surface area contributed by atoms with Crippen molar-refractivity contribution in [2.24, 2.45) is 0 Å². The molecule has 0 radical (unpaired) electrons. The molecule has 1 aromatic heterocycles. The monoisotopic (exact) mass is 280 g/mol. The number of carbonyl (C=O) groups is 1. The number of nitrogens with one attached hydrogen (secondary N) is 2. The Balaban J connectivity index is 2.61. The van der Waals surface area contributed by atoms with Gasteiger partial charge in [-0.05, 0) is 13.0 Å². The van der Waals surface area contributed by atoms with Crippen molar-refractivity contribution in [3.8, 4) is 0 Å². The zero-order chi connectivity index (χ0) is 14.8. The molecular weight excluding hydrogens is 256 g/mol. The second-order valence-corrected chi connectivity index (χ2v) is 4.47. The van der Waals surface area contributed by atoms with Crippen molar-refractivity contribution in [3.63, 3.8) is 0 Å². The van der Waals surface area contributed by atoms with Crippen LogP contribution in [0.5, 0.6) is 0 Å². The zero-order valence-corrected chi connectivity index (χ0v) is 12.5. The van der Waals surface area contributed by atoms with Crippen LogP contribution in [0.25, 0.3) is 0 Å². The number of likely N-dealkylation sites (N-methyl/N-ethyl adjacent to an activating group) is 2. The van der Waals surface area contributed by atoms with Crippen LogP contribution >= 0.6 is 0 Å². The van der Waals surface area contributed by atoms with Gasteiger partial charge in [-0.15, -0.1) is 0 Å². The van der Waals surface area contributed by atoms with Crippen LogP contribution in [0.4, 0.5) is 5.82 Å². The molecule has 0 bridgehead atoms. The van der Waals surface area contributed by atoms with Crippen molar-refractivity contribution in [1.82, 2.24) is 15.6 Å². The molecule has 1 heterocycles. The van der Waals surface area contributed by atoms with E-state index in [1.165, 1.54) is 0 Å². The molecule has 6 nitrogen and oxygen atoms in total. The number of methoxy groups -OCH3 is 1. The minimum Gasteiger partial charge on any atom is -0.383 e. The third-order valence-electron chi connectivity index (χ3n) is 2.78. The van der Waals surface area contributed by atoms with E-state index in [4.69, 9.17) is 4.74 Å². The van der Waals surface area contributed by atoms with Crippen LogP contribution in [0.3, 0.4) is 0 Å². The second kappa shape index (κ2) is 9.28. The number of aromatic nitrogens is 1. The van der Waals surface area contributed by atoms with E-state index in [-0.39, 0.29) is 5.91 Å². The summed E-state index contributed by atoms with van der Waals surface area (Å²) in [5.41, 5.74) is 1.07. The fourth-order valence-electron chi connectivity index (χ4n) is 1.85. The minimum absolute atomic E-state index is 0.000977. The van der Waals surface area contributed by atoms with E-state index in [2.05, 4.69) is 15.6 Å². The predicted molar refractivity (Wildman–Crippen MR) is 79.8 cm³/mol. The van der Waals surface area contributed by atoms with Gasteiger partial charge in [0.2, 0.25) is 5.91 Å². The van der Waals surface area contributed by atoms with Crippen LogP contribution in [0, 0.1) is 0 Å². The molecule has 0 unspecified atom stereocenters. The Labute approximate surface area is 120 Å². The summed E-state index contributed by atoms with van der Waals surface area (Å²) in [7, 11) is 3.55. The van der Waals surface area contributed by atoms with E-state index in [0.29, 0.717) is 26.2 Å². The molecule has 1 rings (SSSR count). The van der Waals surface area contributed by atoms with Crippen LogP contribution in [0.1, 0.15) is 12.5 Å². The number of ether oxygens (including phenoxy) is 1. The van der Waals surface area contributed by atoms with Gasteiger partial charge in [-0.3, -0.25) is 4.79 Å². The molecule has 112 valence electrons. The molecule has 0 saturated carbocycles. The third kappa shape index (κ3) is 5.54. The maximum absolute atomic E-state index is 11.6. The Morgan fingerprint density at radius 3 is 3.00 bits per heavy atom. The van der Waals surface area contributed by atoms with Gasteiger partial charge in [-0.1, -0.05) is 6.07 Å². The van der Waals surface area contributed by atoms with E-state index in [0.717, 1.165) is 17.9 Å². The highest BCUT2D eigenvalue weighted by Crippen LogP contribution is 2.15. The van der Waals surface area contributed by atoms with Crippen LogP contribution in [0.2, 0.25) is 0 Å². The van der Waals surface area contributed by atoms with Crippen LogP contribution in [-0.4, -0.2) is 51.3 Å². The third-order valence-corrected chi connectivity index (χ3v) is 2.78. The molecule has 0 saturated heterocycles. The highest BCUT2D eigenvalue weighted by atomic mass is 16.5. The fourth-order valence-corrected chi connectivity index (χ4v) is 1.85. The molecule has 1 aromatic rings. The summed E-state index contributed by atoms with van der Waals surface area (Å²) >= 11 is 0. The molecule has 1 amide bonds.